The third-order valence-corrected chi connectivity index (χ3v) is 3.87. The minimum absolute atomic E-state index is 0.455. The fourth-order valence-electron chi connectivity index (χ4n) is 1.66. The van der Waals surface area contributed by atoms with Crippen molar-refractivity contribution in [3.63, 3.8) is 0 Å². The van der Waals surface area contributed by atoms with Gasteiger partial charge in [-0.1, -0.05) is 0 Å². The SMILES string of the molecule is CNc1ncc(C#N)c(N2CCS(=O)CC2)n1. The van der Waals surface area contributed by atoms with E-state index in [4.69, 9.17) is 5.26 Å². The zero-order valence-electron chi connectivity index (χ0n) is 9.51. The molecule has 0 saturated carbocycles. The normalized spacial score (nSPS) is 16.6. The first kappa shape index (κ1) is 11.8. The predicted octanol–water partition coefficient (Wildman–Crippen LogP) is -0.0413. The highest BCUT2D eigenvalue weighted by Crippen LogP contribution is 2.19. The molecule has 1 saturated heterocycles. The first-order valence-electron chi connectivity index (χ1n) is 5.29. The molecule has 7 heteroatoms. The van der Waals surface area contributed by atoms with Crippen LogP contribution in [0.4, 0.5) is 11.8 Å². The van der Waals surface area contributed by atoms with Gasteiger partial charge in [-0.15, -0.1) is 0 Å². The van der Waals surface area contributed by atoms with Gasteiger partial charge in [0.25, 0.3) is 0 Å². The highest BCUT2D eigenvalue weighted by molar-refractivity contribution is 7.85. The van der Waals surface area contributed by atoms with E-state index in [9.17, 15) is 4.21 Å². The number of anilines is 2. The van der Waals surface area contributed by atoms with Crippen molar-refractivity contribution in [3.8, 4) is 6.07 Å². The number of nitriles is 1. The van der Waals surface area contributed by atoms with Crippen LogP contribution in [0, 0.1) is 11.3 Å². The van der Waals surface area contributed by atoms with Crippen LogP contribution in [0.5, 0.6) is 0 Å². The van der Waals surface area contributed by atoms with Gasteiger partial charge in [0.15, 0.2) is 5.82 Å². The Morgan fingerprint density at radius 2 is 2.24 bits per heavy atom. The van der Waals surface area contributed by atoms with Crippen LogP contribution in [-0.2, 0) is 10.8 Å². The van der Waals surface area contributed by atoms with Crippen LogP contribution in [0.3, 0.4) is 0 Å². The molecular formula is C10H13N5OS. The summed E-state index contributed by atoms with van der Waals surface area (Å²) in [5.74, 6) is 2.38. The monoisotopic (exact) mass is 251 g/mol. The summed E-state index contributed by atoms with van der Waals surface area (Å²) in [4.78, 5) is 10.3. The second kappa shape index (κ2) is 5.10. The van der Waals surface area contributed by atoms with Gasteiger partial charge in [-0.2, -0.15) is 10.2 Å². The molecule has 1 aromatic heterocycles. The fourth-order valence-corrected chi connectivity index (χ4v) is 2.72. The second-order valence-corrected chi connectivity index (χ2v) is 5.32. The van der Waals surface area contributed by atoms with Crippen molar-refractivity contribution in [1.29, 1.82) is 5.26 Å². The van der Waals surface area contributed by atoms with Crippen LogP contribution in [0.25, 0.3) is 0 Å². The Kier molecular flexibility index (Phi) is 3.54. The molecule has 2 rings (SSSR count). The average molecular weight is 251 g/mol. The van der Waals surface area contributed by atoms with E-state index in [0.717, 1.165) is 0 Å². The van der Waals surface area contributed by atoms with E-state index in [-0.39, 0.29) is 0 Å². The maximum Gasteiger partial charge on any atom is 0.224 e. The summed E-state index contributed by atoms with van der Waals surface area (Å²) in [5, 5.41) is 11.9. The summed E-state index contributed by atoms with van der Waals surface area (Å²) in [6, 6.07) is 2.09. The molecule has 1 fully saturated rings. The first-order valence-corrected chi connectivity index (χ1v) is 6.78. The van der Waals surface area contributed by atoms with Crippen molar-refractivity contribution >= 4 is 22.6 Å². The summed E-state index contributed by atoms with van der Waals surface area (Å²) in [5.41, 5.74) is 0.455. The van der Waals surface area contributed by atoms with E-state index in [1.54, 1.807) is 7.05 Å². The Labute approximate surface area is 102 Å². The highest BCUT2D eigenvalue weighted by Gasteiger charge is 2.20. The number of rotatable bonds is 2. The smallest absolute Gasteiger partial charge is 0.224 e. The van der Waals surface area contributed by atoms with Gasteiger partial charge >= 0.3 is 0 Å². The van der Waals surface area contributed by atoms with Crippen molar-refractivity contribution in [2.24, 2.45) is 0 Å². The minimum Gasteiger partial charge on any atom is -0.357 e. The molecule has 0 amide bonds. The number of aromatic nitrogens is 2. The molecule has 6 nitrogen and oxygen atoms in total. The molecule has 1 aromatic rings. The van der Waals surface area contributed by atoms with Crippen molar-refractivity contribution < 1.29 is 4.21 Å². The fraction of sp³-hybridized carbons (Fsp3) is 0.500. The standard InChI is InChI=1S/C10H13N5OS/c1-12-10-13-7-8(6-11)9(14-10)15-2-4-17(16)5-3-15/h7H,2-5H2,1H3,(H,12,13,14). The average Bonchev–Trinajstić information content (AvgIpc) is 2.39. The van der Waals surface area contributed by atoms with Gasteiger partial charge in [-0.3, -0.25) is 4.21 Å². The molecule has 90 valence electrons. The molecule has 0 aromatic carbocycles. The Hall–Kier alpha value is -1.68. The second-order valence-electron chi connectivity index (χ2n) is 3.63. The van der Waals surface area contributed by atoms with E-state index >= 15 is 0 Å². The van der Waals surface area contributed by atoms with E-state index in [2.05, 4.69) is 21.4 Å². The topological polar surface area (TPSA) is 81.9 Å². The predicted molar refractivity (Wildman–Crippen MR) is 66.4 cm³/mol. The molecule has 0 spiro atoms. The Bertz CT molecular complexity index is 474. The quantitative estimate of drug-likeness (QED) is 0.794. The summed E-state index contributed by atoms with van der Waals surface area (Å²) >= 11 is 0. The van der Waals surface area contributed by atoms with Crippen molar-refractivity contribution in [2.75, 3.05) is 41.9 Å². The number of nitrogens with zero attached hydrogens (tertiary/aromatic N) is 4. The first-order chi connectivity index (χ1) is 8.24. The summed E-state index contributed by atoms with van der Waals surface area (Å²) in [6.07, 6.45) is 1.51. The lowest BCUT2D eigenvalue weighted by atomic mass is 10.3. The van der Waals surface area contributed by atoms with Crippen LogP contribution in [0.1, 0.15) is 5.56 Å². The van der Waals surface area contributed by atoms with Crippen LogP contribution in [0.2, 0.25) is 0 Å². The third kappa shape index (κ3) is 2.53. The lowest BCUT2D eigenvalue weighted by Gasteiger charge is -2.27. The van der Waals surface area contributed by atoms with Gasteiger partial charge in [0.2, 0.25) is 5.95 Å². The van der Waals surface area contributed by atoms with Crippen LogP contribution in [0.15, 0.2) is 6.20 Å². The van der Waals surface area contributed by atoms with Gasteiger partial charge in [0.05, 0.1) is 6.20 Å². The van der Waals surface area contributed by atoms with Crippen molar-refractivity contribution in [2.45, 2.75) is 0 Å². The van der Waals surface area contributed by atoms with Gasteiger partial charge < -0.3 is 10.2 Å². The van der Waals surface area contributed by atoms with Crippen LogP contribution >= 0.6 is 0 Å². The Morgan fingerprint density at radius 3 is 2.82 bits per heavy atom. The number of hydrogen-bond donors (Lipinski definition) is 1. The van der Waals surface area contributed by atoms with Crippen molar-refractivity contribution in [1.82, 2.24) is 9.97 Å². The lowest BCUT2D eigenvalue weighted by Crippen LogP contribution is -2.38. The zero-order valence-corrected chi connectivity index (χ0v) is 10.3. The molecule has 2 heterocycles. The molecule has 0 bridgehead atoms. The molecule has 0 unspecified atom stereocenters. The summed E-state index contributed by atoms with van der Waals surface area (Å²) < 4.78 is 11.3. The van der Waals surface area contributed by atoms with E-state index in [1.807, 2.05) is 4.90 Å². The van der Waals surface area contributed by atoms with Crippen molar-refractivity contribution in [3.05, 3.63) is 11.8 Å². The molecule has 1 N–H and O–H groups in total. The highest BCUT2D eigenvalue weighted by atomic mass is 32.2. The maximum atomic E-state index is 11.3. The largest absolute Gasteiger partial charge is 0.357 e. The van der Waals surface area contributed by atoms with E-state index < -0.39 is 10.8 Å². The molecular weight excluding hydrogens is 238 g/mol. The molecule has 0 aliphatic carbocycles. The molecule has 0 radical (unpaired) electrons. The molecule has 0 atom stereocenters. The van der Waals surface area contributed by atoms with E-state index in [1.165, 1.54) is 6.20 Å². The van der Waals surface area contributed by atoms with Crippen LogP contribution in [-0.4, -0.2) is 45.8 Å². The number of nitrogens with one attached hydrogen (secondary N) is 1. The lowest BCUT2D eigenvalue weighted by molar-refractivity contribution is 0.672. The van der Waals surface area contributed by atoms with Crippen LogP contribution < -0.4 is 10.2 Å². The van der Waals surface area contributed by atoms with Gasteiger partial charge in [-0.05, 0) is 0 Å². The summed E-state index contributed by atoms with van der Waals surface area (Å²) in [7, 11) is 0.999. The maximum absolute atomic E-state index is 11.3. The zero-order chi connectivity index (χ0) is 12.3. The summed E-state index contributed by atoms with van der Waals surface area (Å²) in [6.45, 7) is 1.34. The third-order valence-electron chi connectivity index (χ3n) is 2.59. The molecule has 1 aliphatic heterocycles. The minimum atomic E-state index is -0.734. The Balaban J connectivity index is 2.30. The van der Waals surface area contributed by atoms with E-state index in [0.29, 0.717) is 41.9 Å². The molecule has 1 aliphatic rings. The Morgan fingerprint density at radius 1 is 1.53 bits per heavy atom. The van der Waals surface area contributed by atoms with Gasteiger partial charge in [0.1, 0.15) is 11.6 Å². The van der Waals surface area contributed by atoms with Gasteiger partial charge in [0, 0.05) is 42.4 Å². The van der Waals surface area contributed by atoms with Gasteiger partial charge in [-0.25, -0.2) is 4.98 Å². The molecule has 17 heavy (non-hydrogen) atoms. The number of hydrogen-bond acceptors (Lipinski definition) is 6.